The van der Waals surface area contributed by atoms with Crippen LogP contribution in [0.2, 0.25) is 0 Å². The molecule has 0 aliphatic rings. The van der Waals surface area contributed by atoms with E-state index in [0.717, 1.165) is 12.0 Å². The van der Waals surface area contributed by atoms with Crippen molar-refractivity contribution in [3.8, 4) is 5.75 Å². The summed E-state index contributed by atoms with van der Waals surface area (Å²) in [5.41, 5.74) is 6.50. The fourth-order valence-electron chi connectivity index (χ4n) is 1.93. The molecule has 2 unspecified atom stereocenters. The van der Waals surface area contributed by atoms with Crippen LogP contribution in [0.4, 0.5) is 0 Å². The lowest BCUT2D eigenvalue weighted by Crippen LogP contribution is -2.25. The van der Waals surface area contributed by atoms with Crippen molar-refractivity contribution in [2.75, 3.05) is 6.54 Å². The van der Waals surface area contributed by atoms with Crippen molar-refractivity contribution < 1.29 is 15.0 Å². The van der Waals surface area contributed by atoms with Gasteiger partial charge in [0.05, 0.1) is 5.92 Å². The number of hydrogen-bond acceptors (Lipinski definition) is 3. The average molecular weight is 237 g/mol. The number of carboxylic acid groups (broad SMARTS) is 1. The van der Waals surface area contributed by atoms with Gasteiger partial charge in [0.1, 0.15) is 5.75 Å². The fraction of sp³-hybridized carbons (Fsp3) is 0.462. The zero-order valence-corrected chi connectivity index (χ0v) is 9.97. The Balaban J connectivity index is 2.77. The molecule has 0 radical (unpaired) electrons. The van der Waals surface area contributed by atoms with Crippen molar-refractivity contribution in [3.05, 3.63) is 29.8 Å². The predicted molar refractivity (Wildman–Crippen MR) is 65.9 cm³/mol. The lowest BCUT2D eigenvalue weighted by molar-refractivity contribution is -0.141. The summed E-state index contributed by atoms with van der Waals surface area (Å²) >= 11 is 0. The van der Waals surface area contributed by atoms with E-state index in [1.165, 1.54) is 0 Å². The lowest BCUT2D eigenvalue weighted by Gasteiger charge is -2.19. The van der Waals surface area contributed by atoms with Crippen molar-refractivity contribution in [1.82, 2.24) is 0 Å². The van der Waals surface area contributed by atoms with E-state index >= 15 is 0 Å². The van der Waals surface area contributed by atoms with Crippen molar-refractivity contribution in [1.29, 1.82) is 0 Å². The van der Waals surface area contributed by atoms with Gasteiger partial charge in [-0.05, 0) is 36.5 Å². The van der Waals surface area contributed by atoms with Crippen molar-refractivity contribution >= 4 is 5.97 Å². The molecule has 17 heavy (non-hydrogen) atoms. The molecular formula is C13H19NO3. The molecule has 1 rings (SSSR count). The maximum Gasteiger partial charge on any atom is 0.307 e. The molecule has 0 fully saturated rings. The fourth-order valence-corrected chi connectivity index (χ4v) is 1.93. The quantitative estimate of drug-likeness (QED) is 0.706. The second kappa shape index (κ2) is 6.25. The van der Waals surface area contributed by atoms with Gasteiger partial charge in [-0.3, -0.25) is 4.79 Å². The van der Waals surface area contributed by atoms with Gasteiger partial charge >= 0.3 is 5.97 Å². The van der Waals surface area contributed by atoms with Crippen molar-refractivity contribution in [2.45, 2.75) is 25.7 Å². The largest absolute Gasteiger partial charge is 0.508 e. The number of benzene rings is 1. The van der Waals surface area contributed by atoms with Crippen LogP contribution in [-0.2, 0) is 4.79 Å². The van der Waals surface area contributed by atoms with Gasteiger partial charge in [0.2, 0.25) is 0 Å². The predicted octanol–water partition coefficient (Wildman–Crippen LogP) is 1.94. The summed E-state index contributed by atoms with van der Waals surface area (Å²) in [7, 11) is 0. The Morgan fingerprint density at radius 3 is 2.35 bits per heavy atom. The Morgan fingerprint density at radius 2 is 1.94 bits per heavy atom. The van der Waals surface area contributed by atoms with Gasteiger partial charge in [0.25, 0.3) is 0 Å². The Morgan fingerprint density at radius 1 is 1.35 bits per heavy atom. The summed E-state index contributed by atoms with van der Waals surface area (Å²) < 4.78 is 0. The second-order valence-corrected chi connectivity index (χ2v) is 4.20. The molecule has 1 aromatic carbocycles. The molecule has 2 atom stereocenters. The zero-order valence-electron chi connectivity index (χ0n) is 9.97. The number of carboxylic acids is 1. The molecule has 0 amide bonds. The van der Waals surface area contributed by atoms with E-state index in [1.807, 2.05) is 19.1 Å². The molecule has 1 aromatic rings. The van der Waals surface area contributed by atoms with Gasteiger partial charge in [0, 0.05) is 6.54 Å². The number of carbonyl (C=O) groups is 1. The van der Waals surface area contributed by atoms with Crippen LogP contribution >= 0.6 is 0 Å². The molecule has 0 aromatic heterocycles. The summed E-state index contributed by atoms with van der Waals surface area (Å²) in [4.78, 5) is 10.9. The first-order valence-electron chi connectivity index (χ1n) is 5.80. The zero-order chi connectivity index (χ0) is 12.8. The highest BCUT2D eigenvalue weighted by Gasteiger charge is 2.21. The third kappa shape index (κ3) is 3.75. The normalized spacial score (nSPS) is 14.2. The number of hydrogen-bond donors (Lipinski definition) is 3. The molecule has 0 bridgehead atoms. The molecule has 4 nitrogen and oxygen atoms in total. The van der Waals surface area contributed by atoms with Gasteiger partial charge in [-0.25, -0.2) is 0 Å². The summed E-state index contributed by atoms with van der Waals surface area (Å²) in [6.45, 7) is 2.18. The topological polar surface area (TPSA) is 83.6 Å². The van der Waals surface area contributed by atoms with Gasteiger partial charge in [-0.15, -0.1) is 0 Å². The number of phenolic OH excluding ortho intramolecular Hbond substituents is 1. The van der Waals surface area contributed by atoms with E-state index in [9.17, 15) is 9.90 Å². The molecule has 0 spiro atoms. The molecule has 4 heteroatoms. The molecule has 0 aliphatic carbocycles. The number of aliphatic carboxylic acids is 1. The lowest BCUT2D eigenvalue weighted by atomic mass is 9.87. The van der Waals surface area contributed by atoms with Crippen LogP contribution in [0, 0.1) is 5.92 Å². The first-order chi connectivity index (χ1) is 8.08. The Hall–Kier alpha value is -1.55. The highest BCUT2D eigenvalue weighted by atomic mass is 16.4. The van der Waals surface area contributed by atoms with Gasteiger partial charge in [-0.1, -0.05) is 19.1 Å². The van der Waals surface area contributed by atoms with Crippen LogP contribution in [0.3, 0.4) is 0 Å². The van der Waals surface area contributed by atoms with Crippen LogP contribution in [-0.4, -0.2) is 22.7 Å². The summed E-state index contributed by atoms with van der Waals surface area (Å²) in [6, 6.07) is 6.91. The number of rotatable bonds is 6. The highest BCUT2D eigenvalue weighted by Crippen LogP contribution is 2.28. The standard InChI is InChI=1S/C13H19NO3/c1-2-9(7-11(8-14)13(16)17)10-3-5-12(15)6-4-10/h3-6,9,11,15H,2,7-8,14H2,1H3,(H,16,17). The van der Waals surface area contributed by atoms with Crippen LogP contribution in [0.5, 0.6) is 5.75 Å². The molecule has 0 aliphatic heterocycles. The van der Waals surface area contributed by atoms with Crippen LogP contribution in [0.25, 0.3) is 0 Å². The second-order valence-electron chi connectivity index (χ2n) is 4.20. The summed E-state index contributed by atoms with van der Waals surface area (Å²) in [5.74, 6) is -0.962. The van der Waals surface area contributed by atoms with E-state index in [-0.39, 0.29) is 18.2 Å². The van der Waals surface area contributed by atoms with E-state index in [1.54, 1.807) is 12.1 Å². The molecule has 0 heterocycles. The Kier molecular flexibility index (Phi) is 4.97. The van der Waals surface area contributed by atoms with Crippen molar-refractivity contribution in [2.24, 2.45) is 11.7 Å². The number of aromatic hydroxyl groups is 1. The van der Waals surface area contributed by atoms with Gasteiger partial charge in [-0.2, -0.15) is 0 Å². The summed E-state index contributed by atoms with van der Waals surface area (Å²) in [6.07, 6.45) is 1.39. The minimum Gasteiger partial charge on any atom is -0.508 e. The highest BCUT2D eigenvalue weighted by molar-refractivity contribution is 5.70. The first-order valence-corrected chi connectivity index (χ1v) is 5.80. The van der Waals surface area contributed by atoms with Crippen LogP contribution in [0.1, 0.15) is 31.2 Å². The van der Waals surface area contributed by atoms with Gasteiger partial charge < -0.3 is 15.9 Å². The summed E-state index contributed by atoms with van der Waals surface area (Å²) in [5, 5.41) is 18.2. The number of phenols is 1. The van der Waals surface area contributed by atoms with E-state index in [2.05, 4.69) is 0 Å². The van der Waals surface area contributed by atoms with E-state index in [4.69, 9.17) is 10.8 Å². The molecule has 0 saturated carbocycles. The van der Waals surface area contributed by atoms with E-state index < -0.39 is 11.9 Å². The van der Waals surface area contributed by atoms with Gasteiger partial charge in [0.15, 0.2) is 0 Å². The molecule has 0 saturated heterocycles. The Labute approximate surface area is 101 Å². The maximum absolute atomic E-state index is 10.9. The van der Waals surface area contributed by atoms with Crippen LogP contribution < -0.4 is 5.73 Å². The molecular weight excluding hydrogens is 218 g/mol. The minimum absolute atomic E-state index is 0.157. The Bertz CT molecular complexity index is 361. The maximum atomic E-state index is 10.9. The third-order valence-corrected chi connectivity index (χ3v) is 3.06. The smallest absolute Gasteiger partial charge is 0.307 e. The molecule has 4 N–H and O–H groups in total. The monoisotopic (exact) mass is 237 g/mol. The molecule has 94 valence electrons. The third-order valence-electron chi connectivity index (χ3n) is 3.06. The van der Waals surface area contributed by atoms with Crippen molar-refractivity contribution in [3.63, 3.8) is 0 Å². The first kappa shape index (κ1) is 13.5. The SMILES string of the molecule is CCC(CC(CN)C(=O)O)c1ccc(O)cc1. The van der Waals surface area contributed by atoms with Crippen LogP contribution in [0.15, 0.2) is 24.3 Å². The number of nitrogens with two attached hydrogens (primary N) is 1. The average Bonchev–Trinajstić information content (AvgIpc) is 2.32. The minimum atomic E-state index is -0.843. The van der Waals surface area contributed by atoms with E-state index in [0.29, 0.717) is 6.42 Å².